The lowest BCUT2D eigenvalue weighted by Gasteiger charge is -2.09. The van der Waals surface area contributed by atoms with Gasteiger partial charge in [0, 0.05) is 19.4 Å². The minimum absolute atomic E-state index is 0.162. The number of sulfone groups is 1. The molecule has 2 N–H and O–H groups in total. The Bertz CT molecular complexity index is 586. The maximum absolute atomic E-state index is 11.6. The second-order valence-electron chi connectivity index (χ2n) is 4.75. The van der Waals surface area contributed by atoms with Crippen LogP contribution >= 0.6 is 0 Å². The molecule has 0 heterocycles. The van der Waals surface area contributed by atoms with Gasteiger partial charge in [0.2, 0.25) is 0 Å². The van der Waals surface area contributed by atoms with Crippen LogP contribution in [-0.2, 0) is 9.84 Å². The van der Waals surface area contributed by atoms with E-state index in [2.05, 4.69) is 5.32 Å². The largest absolute Gasteiger partial charge is 0.396 e. The monoisotopic (exact) mass is 316 g/mol. The van der Waals surface area contributed by atoms with Crippen LogP contribution in [0.25, 0.3) is 0 Å². The Morgan fingerprint density at radius 1 is 1.24 bits per heavy atom. The molecule has 0 aromatic heterocycles. The van der Waals surface area contributed by atoms with Crippen molar-refractivity contribution in [1.82, 2.24) is 0 Å². The van der Waals surface area contributed by atoms with Crippen molar-refractivity contribution in [1.29, 1.82) is 0 Å². The third kappa shape index (κ3) is 5.31. The van der Waals surface area contributed by atoms with Crippen molar-refractivity contribution in [2.75, 3.05) is 24.7 Å². The zero-order valence-corrected chi connectivity index (χ0v) is 12.7. The number of anilines is 1. The van der Waals surface area contributed by atoms with Crippen molar-refractivity contribution in [3.05, 3.63) is 28.3 Å². The molecule has 1 aromatic rings. The Kier molecular flexibility index (Phi) is 6.57. The lowest BCUT2D eigenvalue weighted by atomic mass is 10.2. The van der Waals surface area contributed by atoms with E-state index < -0.39 is 20.4 Å². The number of nitrogens with zero attached hydrogens (tertiary/aromatic N) is 1. The normalized spacial score (nSPS) is 11.3. The number of rotatable bonds is 9. The van der Waals surface area contributed by atoms with Gasteiger partial charge in [0.1, 0.15) is 10.6 Å². The van der Waals surface area contributed by atoms with Crippen LogP contribution in [0.5, 0.6) is 0 Å². The lowest BCUT2D eigenvalue weighted by molar-refractivity contribution is -0.386. The van der Waals surface area contributed by atoms with Crippen molar-refractivity contribution in [3.8, 4) is 0 Å². The fraction of sp³-hybridized carbons (Fsp3) is 0.538. The van der Waals surface area contributed by atoms with Crippen molar-refractivity contribution >= 4 is 21.2 Å². The van der Waals surface area contributed by atoms with Gasteiger partial charge in [0.05, 0.1) is 4.92 Å². The molecule has 1 rings (SSSR count). The summed E-state index contributed by atoms with van der Waals surface area (Å²) in [5.74, 6) is 0. The number of nitrogens with one attached hydrogen (secondary N) is 1. The van der Waals surface area contributed by atoms with Gasteiger partial charge in [-0.3, -0.25) is 10.1 Å². The van der Waals surface area contributed by atoms with Crippen LogP contribution in [0.3, 0.4) is 0 Å². The molecular weight excluding hydrogens is 296 g/mol. The molecule has 0 fully saturated rings. The zero-order chi connectivity index (χ0) is 15.9. The fourth-order valence-electron chi connectivity index (χ4n) is 1.97. The first-order chi connectivity index (χ1) is 9.88. The second kappa shape index (κ2) is 7.94. The second-order valence-corrected chi connectivity index (χ2v) is 6.73. The van der Waals surface area contributed by atoms with Crippen LogP contribution in [0.15, 0.2) is 23.1 Å². The van der Waals surface area contributed by atoms with Gasteiger partial charge in [-0.1, -0.05) is 18.9 Å². The number of aliphatic hydroxyl groups is 1. The minimum atomic E-state index is -3.65. The van der Waals surface area contributed by atoms with Crippen LogP contribution in [-0.4, -0.2) is 37.9 Å². The van der Waals surface area contributed by atoms with Crippen molar-refractivity contribution in [3.63, 3.8) is 0 Å². The van der Waals surface area contributed by atoms with E-state index in [1.165, 1.54) is 18.2 Å². The van der Waals surface area contributed by atoms with Gasteiger partial charge in [-0.25, -0.2) is 8.42 Å². The summed E-state index contributed by atoms with van der Waals surface area (Å²) >= 11 is 0. The third-order valence-corrected chi connectivity index (χ3v) is 4.11. The minimum Gasteiger partial charge on any atom is -0.396 e. The molecule has 1 aromatic carbocycles. The molecule has 0 spiro atoms. The molecular formula is C13H20N2O5S. The highest BCUT2D eigenvalue weighted by Gasteiger charge is 2.25. The van der Waals surface area contributed by atoms with E-state index in [0.29, 0.717) is 6.54 Å². The van der Waals surface area contributed by atoms with Gasteiger partial charge in [0.15, 0.2) is 9.84 Å². The number of hydrogen-bond acceptors (Lipinski definition) is 6. The van der Waals surface area contributed by atoms with Crippen molar-refractivity contribution in [2.24, 2.45) is 0 Å². The smallest absolute Gasteiger partial charge is 0.310 e. The van der Waals surface area contributed by atoms with E-state index >= 15 is 0 Å². The summed E-state index contributed by atoms with van der Waals surface area (Å²) in [6, 6.07) is 4.22. The Labute approximate surface area is 124 Å². The molecule has 0 bridgehead atoms. The van der Waals surface area contributed by atoms with Crippen molar-refractivity contribution in [2.45, 2.75) is 30.6 Å². The van der Waals surface area contributed by atoms with Gasteiger partial charge in [-0.05, 0) is 25.0 Å². The van der Waals surface area contributed by atoms with Crippen LogP contribution in [0.2, 0.25) is 0 Å². The molecule has 118 valence electrons. The van der Waals surface area contributed by atoms with Crippen LogP contribution in [0.4, 0.5) is 11.4 Å². The van der Waals surface area contributed by atoms with E-state index in [9.17, 15) is 18.5 Å². The van der Waals surface area contributed by atoms with Gasteiger partial charge in [-0.15, -0.1) is 0 Å². The summed E-state index contributed by atoms with van der Waals surface area (Å²) < 4.78 is 23.2. The van der Waals surface area contributed by atoms with E-state index in [1.54, 1.807) is 0 Å². The van der Waals surface area contributed by atoms with E-state index in [1.807, 2.05) is 0 Å². The Hall–Kier alpha value is -1.67. The Morgan fingerprint density at radius 2 is 1.90 bits per heavy atom. The SMILES string of the molecule is CS(=O)(=O)c1cccc(NCCCCCCO)c1[N+](=O)[O-]. The Balaban J connectivity index is 2.81. The number of aliphatic hydroxyl groups excluding tert-OH is 1. The number of para-hydroxylation sites is 1. The molecule has 0 radical (unpaired) electrons. The topological polar surface area (TPSA) is 110 Å². The summed E-state index contributed by atoms with van der Waals surface area (Å²) in [4.78, 5) is 10.2. The van der Waals surface area contributed by atoms with E-state index in [0.717, 1.165) is 31.9 Å². The molecule has 0 saturated heterocycles. The van der Waals surface area contributed by atoms with Gasteiger partial charge in [0.25, 0.3) is 0 Å². The highest BCUT2D eigenvalue weighted by atomic mass is 32.2. The predicted octanol–water partition coefficient (Wildman–Crippen LogP) is 1.96. The molecule has 0 aliphatic carbocycles. The lowest BCUT2D eigenvalue weighted by Crippen LogP contribution is -2.08. The number of hydrogen-bond donors (Lipinski definition) is 2. The van der Waals surface area contributed by atoms with Gasteiger partial charge in [-0.2, -0.15) is 0 Å². The average molecular weight is 316 g/mol. The number of nitro benzene ring substituents is 1. The third-order valence-electron chi connectivity index (χ3n) is 2.98. The van der Waals surface area contributed by atoms with Crippen molar-refractivity contribution < 1.29 is 18.4 Å². The number of nitro groups is 1. The maximum Gasteiger partial charge on any atom is 0.310 e. The van der Waals surface area contributed by atoms with E-state index in [-0.39, 0.29) is 17.2 Å². The molecule has 21 heavy (non-hydrogen) atoms. The highest BCUT2D eigenvalue weighted by molar-refractivity contribution is 7.90. The summed E-state index contributed by atoms with van der Waals surface area (Å²) in [7, 11) is -3.65. The zero-order valence-electron chi connectivity index (χ0n) is 11.9. The standard InChI is InChI=1S/C13H20N2O5S/c1-21(19,20)12-8-6-7-11(13(12)15(17)18)14-9-4-2-3-5-10-16/h6-8,14,16H,2-5,9-10H2,1H3. The summed E-state index contributed by atoms with van der Waals surface area (Å²) in [6.45, 7) is 0.675. The fourth-order valence-corrected chi connectivity index (χ4v) is 2.83. The molecule has 0 saturated carbocycles. The summed E-state index contributed by atoms with van der Waals surface area (Å²) in [5, 5.41) is 22.7. The molecule has 0 aliphatic rings. The Morgan fingerprint density at radius 3 is 2.48 bits per heavy atom. The first-order valence-electron chi connectivity index (χ1n) is 6.70. The maximum atomic E-state index is 11.6. The molecule has 0 unspecified atom stereocenters. The summed E-state index contributed by atoms with van der Waals surface area (Å²) in [6.07, 6.45) is 4.27. The summed E-state index contributed by atoms with van der Waals surface area (Å²) in [5.41, 5.74) is -0.194. The highest BCUT2D eigenvalue weighted by Crippen LogP contribution is 2.31. The van der Waals surface area contributed by atoms with Crippen LogP contribution in [0.1, 0.15) is 25.7 Å². The molecule has 0 amide bonds. The number of benzene rings is 1. The van der Waals surface area contributed by atoms with Crippen LogP contribution in [0, 0.1) is 10.1 Å². The first-order valence-corrected chi connectivity index (χ1v) is 8.59. The van der Waals surface area contributed by atoms with Gasteiger partial charge >= 0.3 is 5.69 Å². The molecule has 8 heteroatoms. The number of unbranched alkanes of at least 4 members (excludes halogenated alkanes) is 3. The van der Waals surface area contributed by atoms with Gasteiger partial charge < -0.3 is 10.4 Å². The van der Waals surface area contributed by atoms with Crippen LogP contribution < -0.4 is 5.32 Å². The molecule has 7 nitrogen and oxygen atoms in total. The quantitative estimate of drug-likeness (QED) is 0.409. The molecule has 0 atom stereocenters. The first kappa shape index (κ1) is 17.4. The van der Waals surface area contributed by atoms with E-state index in [4.69, 9.17) is 5.11 Å². The average Bonchev–Trinajstić information content (AvgIpc) is 2.41. The molecule has 0 aliphatic heterocycles. The predicted molar refractivity (Wildman–Crippen MR) is 80.2 cm³/mol.